The van der Waals surface area contributed by atoms with E-state index in [1.165, 1.54) is 0 Å². The molecule has 0 bridgehead atoms. The van der Waals surface area contributed by atoms with Gasteiger partial charge in [0.15, 0.2) is 0 Å². The molecule has 0 atom stereocenters. The van der Waals surface area contributed by atoms with Crippen molar-refractivity contribution >= 4 is 35.5 Å². The zero-order valence-corrected chi connectivity index (χ0v) is 16.5. The zero-order valence-electron chi connectivity index (χ0n) is 14.9. The van der Waals surface area contributed by atoms with Gasteiger partial charge in [0.25, 0.3) is 0 Å². The molecule has 1 aliphatic rings. The van der Waals surface area contributed by atoms with E-state index in [0.717, 1.165) is 34.4 Å². The Kier molecular flexibility index (Phi) is 10.0. The Hall–Kier alpha value is -1.08. The third-order valence-electron chi connectivity index (χ3n) is 3.46. The van der Waals surface area contributed by atoms with E-state index in [1.807, 2.05) is 13.8 Å². The molecule has 0 amide bonds. The highest BCUT2D eigenvalue weighted by Gasteiger charge is 2.26. The van der Waals surface area contributed by atoms with E-state index in [4.69, 9.17) is 9.47 Å². The first kappa shape index (κ1) is 21.0. The fraction of sp³-hybridized carbons (Fsp3) is 0.647. The first-order valence-corrected chi connectivity index (χ1v) is 10.5. The van der Waals surface area contributed by atoms with Gasteiger partial charge in [-0.3, -0.25) is 0 Å². The first-order valence-electron chi connectivity index (χ1n) is 8.17. The van der Waals surface area contributed by atoms with Crippen LogP contribution in [0, 0.1) is 0 Å². The fourth-order valence-corrected chi connectivity index (χ4v) is 3.15. The molecule has 7 heteroatoms. The summed E-state index contributed by atoms with van der Waals surface area (Å²) in [5.41, 5.74) is 2.46. The second-order valence-corrected chi connectivity index (χ2v) is 7.96. The highest BCUT2D eigenvalue weighted by molar-refractivity contribution is 7.99. The monoisotopic (exact) mass is 373 g/mol. The van der Waals surface area contributed by atoms with Crippen LogP contribution in [0.3, 0.4) is 0 Å². The van der Waals surface area contributed by atoms with Crippen molar-refractivity contribution in [3.05, 3.63) is 22.5 Å². The fourth-order valence-electron chi connectivity index (χ4n) is 2.17. The molecular weight excluding hydrogens is 346 g/mol. The molecule has 5 nitrogen and oxygen atoms in total. The van der Waals surface area contributed by atoms with Gasteiger partial charge in [0.05, 0.1) is 11.1 Å². The number of allylic oxidation sites excluding steroid dienone is 2. The predicted molar refractivity (Wildman–Crippen MR) is 101 cm³/mol. The molecule has 0 aliphatic carbocycles. The lowest BCUT2D eigenvalue weighted by Gasteiger charge is -2.22. The third kappa shape index (κ3) is 6.81. The van der Waals surface area contributed by atoms with Crippen molar-refractivity contribution in [2.45, 2.75) is 34.1 Å². The molecule has 136 valence electrons. The van der Waals surface area contributed by atoms with Crippen LogP contribution in [-0.2, 0) is 19.1 Å². The lowest BCUT2D eigenvalue weighted by atomic mass is 9.98. The first-order chi connectivity index (χ1) is 11.5. The van der Waals surface area contributed by atoms with Crippen molar-refractivity contribution in [3.63, 3.8) is 0 Å². The van der Waals surface area contributed by atoms with E-state index in [1.54, 1.807) is 23.5 Å². The highest BCUT2D eigenvalue weighted by Crippen LogP contribution is 2.24. The summed E-state index contributed by atoms with van der Waals surface area (Å²) in [6, 6.07) is 0. The van der Waals surface area contributed by atoms with Gasteiger partial charge in [-0.25, -0.2) is 9.59 Å². The lowest BCUT2D eigenvalue weighted by molar-refractivity contribution is -0.139. The van der Waals surface area contributed by atoms with Crippen molar-refractivity contribution in [1.29, 1.82) is 0 Å². The van der Waals surface area contributed by atoms with E-state index in [9.17, 15) is 9.59 Å². The number of thioether (sulfide) groups is 2. The highest BCUT2D eigenvalue weighted by atomic mass is 32.2. The summed E-state index contributed by atoms with van der Waals surface area (Å²) in [7, 11) is 0. The van der Waals surface area contributed by atoms with Crippen molar-refractivity contribution in [1.82, 2.24) is 5.32 Å². The summed E-state index contributed by atoms with van der Waals surface area (Å²) in [6.45, 7) is 8.53. The molecule has 0 fully saturated rings. The number of hydrogen-bond donors (Lipinski definition) is 1. The van der Waals surface area contributed by atoms with Gasteiger partial charge in [-0.2, -0.15) is 23.5 Å². The summed E-state index contributed by atoms with van der Waals surface area (Å²) in [6.07, 6.45) is 0.254. The van der Waals surface area contributed by atoms with Crippen molar-refractivity contribution in [2.24, 2.45) is 0 Å². The number of carbonyl (C=O) groups excluding carboxylic acids is 2. The largest absolute Gasteiger partial charge is 0.461 e. The summed E-state index contributed by atoms with van der Waals surface area (Å²) in [5.74, 6) is 2.82. The van der Waals surface area contributed by atoms with Crippen molar-refractivity contribution < 1.29 is 19.1 Å². The van der Waals surface area contributed by atoms with Crippen LogP contribution in [0.5, 0.6) is 0 Å². The van der Waals surface area contributed by atoms with Crippen LogP contribution < -0.4 is 5.32 Å². The molecule has 24 heavy (non-hydrogen) atoms. The van der Waals surface area contributed by atoms with Crippen LogP contribution in [0.4, 0.5) is 0 Å². The SMILES string of the molecule is CCSCCOC(=O)C1=C(C)NC(C)=C(C(=O)OCCSCC)C1. The van der Waals surface area contributed by atoms with Crippen LogP contribution in [-0.4, -0.2) is 48.2 Å². The van der Waals surface area contributed by atoms with Crippen molar-refractivity contribution in [2.75, 3.05) is 36.2 Å². The number of carbonyl (C=O) groups is 2. The average molecular weight is 374 g/mol. The summed E-state index contributed by atoms with van der Waals surface area (Å²) in [4.78, 5) is 24.5. The maximum Gasteiger partial charge on any atom is 0.336 e. The Balaban J connectivity index is 2.59. The Morgan fingerprint density at radius 3 is 1.71 bits per heavy atom. The lowest BCUT2D eigenvalue weighted by Crippen LogP contribution is -2.27. The maximum absolute atomic E-state index is 12.2. The van der Waals surface area contributed by atoms with E-state index in [2.05, 4.69) is 19.2 Å². The van der Waals surface area contributed by atoms with E-state index in [0.29, 0.717) is 24.4 Å². The molecule has 1 N–H and O–H groups in total. The molecule has 0 unspecified atom stereocenters. The number of hydrogen-bond acceptors (Lipinski definition) is 7. The van der Waals surface area contributed by atoms with E-state index >= 15 is 0 Å². The molecule has 0 aromatic carbocycles. The van der Waals surface area contributed by atoms with Gasteiger partial charge in [-0.1, -0.05) is 13.8 Å². The molecule has 0 saturated carbocycles. The summed E-state index contributed by atoms with van der Waals surface area (Å²) in [5, 5.41) is 3.09. The number of rotatable bonds is 10. The van der Waals surface area contributed by atoms with Gasteiger partial charge in [0.1, 0.15) is 13.2 Å². The molecule has 1 heterocycles. The standard InChI is InChI=1S/C17H27NO4S2/c1-5-23-9-7-21-16(19)14-11-15(13(4)18-12(14)3)17(20)22-8-10-24-6-2/h18H,5-11H2,1-4H3. The Morgan fingerprint density at radius 1 is 0.917 bits per heavy atom. The van der Waals surface area contributed by atoms with Gasteiger partial charge >= 0.3 is 11.9 Å². The topological polar surface area (TPSA) is 64.6 Å². The van der Waals surface area contributed by atoms with Crippen molar-refractivity contribution in [3.8, 4) is 0 Å². The Labute approximate surface area is 153 Å². The molecule has 0 aromatic rings. The Bertz CT molecular complexity index is 471. The van der Waals surface area contributed by atoms with Gasteiger partial charge in [0, 0.05) is 29.3 Å². The average Bonchev–Trinajstić information content (AvgIpc) is 2.55. The third-order valence-corrected chi connectivity index (χ3v) is 5.18. The predicted octanol–water partition coefficient (Wildman–Crippen LogP) is 3.12. The second kappa shape index (κ2) is 11.5. The van der Waals surface area contributed by atoms with Gasteiger partial charge in [0.2, 0.25) is 0 Å². The van der Waals surface area contributed by atoms with Gasteiger partial charge < -0.3 is 14.8 Å². The Morgan fingerprint density at radius 2 is 1.33 bits per heavy atom. The maximum atomic E-state index is 12.2. The van der Waals surface area contributed by atoms with Gasteiger partial charge in [-0.05, 0) is 25.4 Å². The molecule has 1 aliphatic heterocycles. The number of nitrogens with one attached hydrogen (secondary N) is 1. The summed E-state index contributed by atoms with van der Waals surface area (Å²) >= 11 is 3.44. The molecular formula is C17H27NO4S2. The smallest absolute Gasteiger partial charge is 0.336 e. The molecule has 0 spiro atoms. The molecule has 1 rings (SSSR count). The van der Waals surface area contributed by atoms with Crippen LogP contribution in [0.2, 0.25) is 0 Å². The number of ether oxygens (including phenoxy) is 2. The molecule has 0 radical (unpaired) electrons. The normalized spacial score (nSPS) is 14.5. The zero-order chi connectivity index (χ0) is 17.9. The van der Waals surface area contributed by atoms with Crippen LogP contribution in [0.25, 0.3) is 0 Å². The van der Waals surface area contributed by atoms with Crippen LogP contribution in [0.1, 0.15) is 34.1 Å². The summed E-state index contributed by atoms with van der Waals surface area (Å²) < 4.78 is 10.6. The molecule has 0 aromatic heterocycles. The minimum atomic E-state index is -0.365. The second-order valence-electron chi connectivity index (χ2n) is 5.17. The van der Waals surface area contributed by atoms with E-state index < -0.39 is 0 Å². The van der Waals surface area contributed by atoms with Gasteiger partial charge in [-0.15, -0.1) is 0 Å². The minimum absolute atomic E-state index is 0.254. The molecule has 0 saturated heterocycles. The van der Waals surface area contributed by atoms with Crippen LogP contribution in [0.15, 0.2) is 22.5 Å². The quantitative estimate of drug-likeness (QED) is 0.466. The van der Waals surface area contributed by atoms with Crippen LogP contribution >= 0.6 is 23.5 Å². The van der Waals surface area contributed by atoms with E-state index in [-0.39, 0.29) is 18.4 Å². The number of esters is 2. The number of dihydropyridines is 1. The minimum Gasteiger partial charge on any atom is -0.461 e.